The zero-order chi connectivity index (χ0) is 23.4. The number of rotatable bonds is 6. The van der Waals surface area contributed by atoms with Gasteiger partial charge >= 0.3 is 6.03 Å². The highest BCUT2D eigenvalue weighted by Crippen LogP contribution is 2.20. The van der Waals surface area contributed by atoms with Gasteiger partial charge in [0, 0.05) is 37.4 Å². The van der Waals surface area contributed by atoms with Gasteiger partial charge in [-0.25, -0.2) is 9.18 Å². The number of anilines is 1. The lowest BCUT2D eigenvalue weighted by Gasteiger charge is -2.30. The number of halogens is 1. The second-order valence-electron chi connectivity index (χ2n) is 8.41. The molecule has 0 radical (unpaired) electrons. The lowest BCUT2D eigenvalue weighted by Crippen LogP contribution is -2.44. The van der Waals surface area contributed by atoms with Crippen molar-refractivity contribution in [2.24, 2.45) is 0 Å². The molecule has 7 nitrogen and oxygen atoms in total. The van der Waals surface area contributed by atoms with Crippen LogP contribution in [0, 0.1) is 19.7 Å². The first kappa shape index (κ1) is 22.9. The Morgan fingerprint density at radius 2 is 1.88 bits per heavy atom. The van der Waals surface area contributed by atoms with Crippen molar-refractivity contribution in [1.29, 1.82) is 0 Å². The van der Waals surface area contributed by atoms with Crippen LogP contribution >= 0.6 is 0 Å². The van der Waals surface area contributed by atoms with Gasteiger partial charge in [0.25, 0.3) is 5.56 Å². The maximum Gasteiger partial charge on any atom is 0.322 e. The molecule has 0 atom stereocenters. The summed E-state index contributed by atoms with van der Waals surface area (Å²) in [6.07, 6.45) is 0. The van der Waals surface area contributed by atoms with E-state index < -0.39 is 0 Å². The second-order valence-corrected chi connectivity index (χ2v) is 8.41. The number of carbonyl (C=O) groups excluding carboxylic acids is 1. The molecule has 1 aromatic heterocycles. The Morgan fingerprint density at radius 1 is 1.15 bits per heavy atom. The number of pyridine rings is 1. The van der Waals surface area contributed by atoms with Crippen molar-refractivity contribution >= 4 is 22.6 Å². The normalized spacial score (nSPS) is 14.4. The topological polar surface area (TPSA) is 77.7 Å². The number of hydrogen-bond acceptors (Lipinski definition) is 4. The molecule has 3 aromatic rings. The number of nitrogens with zero attached hydrogens (tertiary/aromatic N) is 2. The maximum atomic E-state index is 13.2. The highest BCUT2D eigenvalue weighted by Gasteiger charge is 2.19. The van der Waals surface area contributed by atoms with E-state index in [1.807, 2.05) is 32.0 Å². The standard InChI is InChI=1S/C25H29FN4O3/c1-17-3-4-19-15-20(24(31)28-23(19)18(17)2)16-30(10-9-29-11-13-33-14-12-29)25(32)27-22-7-5-21(26)6-8-22/h3-8,15H,9-14,16H2,1-2H3,(H,27,32)(H,28,31). The van der Waals surface area contributed by atoms with Gasteiger partial charge in [-0.15, -0.1) is 0 Å². The molecule has 2 aromatic carbocycles. The number of aryl methyl sites for hydroxylation is 2. The third-order valence-corrected chi connectivity index (χ3v) is 6.16. The Hall–Kier alpha value is -3.23. The van der Waals surface area contributed by atoms with Crippen LogP contribution in [0.15, 0.2) is 47.3 Å². The Morgan fingerprint density at radius 3 is 2.61 bits per heavy atom. The lowest BCUT2D eigenvalue weighted by atomic mass is 10.0. The van der Waals surface area contributed by atoms with Crippen LogP contribution in [0.5, 0.6) is 0 Å². The number of benzene rings is 2. The summed E-state index contributed by atoms with van der Waals surface area (Å²) in [6, 6.07) is 11.1. The summed E-state index contributed by atoms with van der Waals surface area (Å²) in [4.78, 5) is 32.8. The number of amides is 2. The Kier molecular flexibility index (Phi) is 7.05. The molecule has 0 saturated carbocycles. The molecular weight excluding hydrogens is 423 g/mol. The third kappa shape index (κ3) is 5.58. The van der Waals surface area contributed by atoms with Crippen molar-refractivity contribution in [2.75, 3.05) is 44.7 Å². The van der Waals surface area contributed by atoms with Gasteiger partial charge in [-0.05, 0) is 60.7 Å². The number of urea groups is 1. The highest BCUT2D eigenvalue weighted by molar-refractivity contribution is 5.89. The van der Waals surface area contributed by atoms with Crippen LogP contribution in [-0.4, -0.2) is 60.2 Å². The minimum atomic E-state index is -0.370. The molecule has 2 amide bonds. The summed E-state index contributed by atoms with van der Waals surface area (Å²) in [7, 11) is 0. The van der Waals surface area contributed by atoms with Gasteiger partial charge in [-0.3, -0.25) is 9.69 Å². The van der Waals surface area contributed by atoms with E-state index >= 15 is 0 Å². The fourth-order valence-corrected chi connectivity index (χ4v) is 3.97. The van der Waals surface area contributed by atoms with Crippen LogP contribution in [0.4, 0.5) is 14.9 Å². The smallest absolute Gasteiger partial charge is 0.322 e. The molecule has 4 rings (SSSR count). The van der Waals surface area contributed by atoms with E-state index in [4.69, 9.17) is 4.74 Å². The van der Waals surface area contributed by atoms with Gasteiger partial charge in [0.1, 0.15) is 5.82 Å². The largest absolute Gasteiger partial charge is 0.379 e. The van der Waals surface area contributed by atoms with E-state index in [2.05, 4.69) is 15.2 Å². The Bertz CT molecular complexity index is 1190. The van der Waals surface area contributed by atoms with E-state index in [9.17, 15) is 14.0 Å². The number of carbonyl (C=O) groups is 1. The Balaban J connectivity index is 1.57. The molecule has 2 heterocycles. The number of fused-ring (bicyclic) bond motifs is 1. The predicted molar refractivity (Wildman–Crippen MR) is 127 cm³/mol. The molecule has 0 spiro atoms. The van der Waals surface area contributed by atoms with Crippen LogP contribution in [0.2, 0.25) is 0 Å². The quantitative estimate of drug-likeness (QED) is 0.599. The van der Waals surface area contributed by atoms with Crippen molar-refractivity contribution < 1.29 is 13.9 Å². The fourth-order valence-electron chi connectivity index (χ4n) is 3.97. The molecular formula is C25H29FN4O3. The molecule has 0 aliphatic carbocycles. The van der Waals surface area contributed by atoms with Gasteiger partial charge in [-0.2, -0.15) is 0 Å². The monoisotopic (exact) mass is 452 g/mol. The second kappa shape index (κ2) is 10.1. The predicted octanol–water partition coefficient (Wildman–Crippen LogP) is 3.65. The average Bonchev–Trinajstić information content (AvgIpc) is 2.82. The number of aromatic amines is 1. The summed E-state index contributed by atoms with van der Waals surface area (Å²) in [5, 5.41) is 3.75. The lowest BCUT2D eigenvalue weighted by molar-refractivity contribution is 0.0349. The van der Waals surface area contributed by atoms with Crippen LogP contribution in [0.1, 0.15) is 16.7 Å². The van der Waals surface area contributed by atoms with Gasteiger partial charge in [0.05, 0.1) is 25.3 Å². The summed E-state index contributed by atoms with van der Waals surface area (Å²) in [5.41, 5.74) is 3.77. The molecule has 8 heteroatoms. The molecule has 0 unspecified atom stereocenters. The van der Waals surface area contributed by atoms with Gasteiger partial charge in [0.2, 0.25) is 0 Å². The first-order valence-corrected chi connectivity index (χ1v) is 11.1. The van der Waals surface area contributed by atoms with Gasteiger partial charge in [0.15, 0.2) is 0 Å². The summed E-state index contributed by atoms with van der Waals surface area (Å²) in [5.74, 6) is -0.370. The minimum absolute atomic E-state index is 0.162. The zero-order valence-corrected chi connectivity index (χ0v) is 19.0. The van der Waals surface area contributed by atoms with Crippen LogP contribution in [0.3, 0.4) is 0 Å². The van der Waals surface area contributed by atoms with E-state index in [-0.39, 0.29) is 24.0 Å². The molecule has 1 saturated heterocycles. The number of aromatic nitrogens is 1. The Labute approximate surface area is 192 Å². The maximum absolute atomic E-state index is 13.2. The average molecular weight is 453 g/mol. The number of nitrogens with one attached hydrogen (secondary N) is 2. The SMILES string of the molecule is Cc1ccc2cc(CN(CCN3CCOCC3)C(=O)Nc3ccc(F)cc3)c(=O)[nH]c2c1C. The molecule has 0 bridgehead atoms. The van der Waals surface area contributed by atoms with Crippen molar-refractivity contribution in [3.63, 3.8) is 0 Å². The molecule has 1 aliphatic heterocycles. The minimum Gasteiger partial charge on any atom is -0.379 e. The highest BCUT2D eigenvalue weighted by atomic mass is 19.1. The summed E-state index contributed by atoms with van der Waals surface area (Å²) >= 11 is 0. The van der Waals surface area contributed by atoms with Crippen molar-refractivity contribution in [3.05, 3.63) is 75.3 Å². The molecule has 174 valence electrons. The van der Waals surface area contributed by atoms with Crippen LogP contribution < -0.4 is 10.9 Å². The summed E-state index contributed by atoms with van der Waals surface area (Å²) < 4.78 is 18.6. The van der Waals surface area contributed by atoms with Gasteiger partial charge < -0.3 is 19.9 Å². The molecule has 1 fully saturated rings. The van der Waals surface area contributed by atoms with E-state index in [1.165, 1.54) is 24.3 Å². The van der Waals surface area contributed by atoms with E-state index in [1.54, 1.807) is 4.90 Å². The first-order valence-electron chi connectivity index (χ1n) is 11.1. The number of hydrogen-bond donors (Lipinski definition) is 2. The van der Waals surface area contributed by atoms with Crippen molar-refractivity contribution in [3.8, 4) is 0 Å². The molecule has 2 N–H and O–H groups in total. The fraction of sp³-hybridized carbons (Fsp3) is 0.360. The van der Waals surface area contributed by atoms with Crippen LogP contribution in [-0.2, 0) is 11.3 Å². The van der Waals surface area contributed by atoms with E-state index in [0.717, 1.165) is 35.1 Å². The van der Waals surface area contributed by atoms with Crippen molar-refractivity contribution in [1.82, 2.24) is 14.8 Å². The first-order chi connectivity index (χ1) is 15.9. The van der Waals surface area contributed by atoms with Gasteiger partial charge in [-0.1, -0.05) is 12.1 Å². The number of morpholine rings is 1. The third-order valence-electron chi connectivity index (χ3n) is 6.16. The van der Waals surface area contributed by atoms with Crippen LogP contribution in [0.25, 0.3) is 10.9 Å². The zero-order valence-electron chi connectivity index (χ0n) is 19.0. The number of H-pyrrole nitrogens is 1. The summed E-state index contributed by atoms with van der Waals surface area (Å²) in [6.45, 7) is 8.23. The van der Waals surface area contributed by atoms with Crippen molar-refractivity contribution in [2.45, 2.75) is 20.4 Å². The number of ether oxygens (including phenoxy) is 1. The molecule has 1 aliphatic rings. The van der Waals surface area contributed by atoms with E-state index in [0.29, 0.717) is 37.6 Å². The molecule has 33 heavy (non-hydrogen) atoms.